The van der Waals surface area contributed by atoms with Crippen molar-refractivity contribution in [3.05, 3.63) is 44.8 Å². The highest BCUT2D eigenvalue weighted by atomic mass is 79.9. The third-order valence-electron chi connectivity index (χ3n) is 2.78. The Morgan fingerprint density at radius 2 is 2.16 bits per heavy atom. The van der Waals surface area contributed by atoms with Crippen LogP contribution in [0, 0.1) is 12.8 Å². The molecule has 0 aliphatic rings. The number of rotatable bonds is 4. The van der Waals surface area contributed by atoms with Crippen molar-refractivity contribution in [2.75, 3.05) is 0 Å². The van der Waals surface area contributed by atoms with E-state index >= 15 is 0 Å². The Bertz CT molecular complexity index is 630. The summed E-state index contributed by atoms with van der Waals surface area (Å²) in [5, 5.41) is 4.21. The highest BCUT2D eigenvalue weighted by molar-refractivity contribution is 9.10. The first-order chi connectivity index (χ1) is 8.97. The monoisotopic (exact) mass is 324 g/mol. The van der Waals surface area contributed by atoms with Crippen LogP contribution >= 0.6 is 15.9 Å². The Kier molecular flexibility index (Phi) is 4.19. The molecule has 0 saturated heterocycles. The lowest BCUT2D eigenvalue weighted by atomic mass is 10.2. The van der Waals surface area contributed by atoms with Gasteiger partial charge in [0.1, 0.15) is 12.2 Å². The van der Waals surface area contributed by atoms with E-state index in [1.807, 2.05) is 17.7 Å². The van der Waals surface area contributed by atoms with E-state index in [2.05, 4.69) is 39.9 Å². The zero-order valence-corrected chi connectivity index (χ0v) is 12.9. The van der Waals surface area contributed by atoms with Gasteiger partial charge in [-0.25, -0.2) is 9.67 Å². The van der Waals surface area contributed by atoms with Gasteiger partial charge >= 0.3 is 0 Å². The Hall–Kier alpha value is -1.43. The quantitative estimate of drug-likeness (QED) is 0.866. The molecule has 0 radical (unpaired) electrons. The molecule has 2 aromatic rings. The normalized spacial score (nSPS) is 11.2. The van der Waals surface area contributed by atoms with E-state index in [4.69, 9.17) is 0 Å². The predicted molar refractivity (Wildman–Crippen MR) is 77.1 cm³/mol. The standard InChI is InChI=1S/C13H17BrN4O/c1-9(2)5-18-12(15-8-16-18)7-17-6-11(14)4-10(3)13(17)19/h4,6,8-9H,5,7H2,1-3H3. The van der Waals surface area contributed by atoms with Gasteiger partial charge in [0.15, 0.2) is 0 Å². The SMILES string of the molecule is Cc1cc(Br)cn(Cc2ncnn2CC(C)C)c1=O. The van der Waals surface area contributed by atoms with Crippen LogP contribution in [0.25, 0.3) is 0 Å². The van der Waals surface area contributed by atoms with Crippen LogP contribution in [0.15, 0.2) is 27.9 Å². The summed E-state index contributed by atoms with van der Waals surface area (Å²) >= 11 is 3.41. The maximum absolute atomic E-state index is 12.1. The molecule has 0 saturated carbocycles. The molecular formula is C13H17BrN4O. The topological polar surface area (TPSA) is 52.7 Å². The lowest BCUT2D eigenvalue weighted by molar-refractivity contribution is 0.459. The Morgan fingerprint density at radius 3 is 2.84 bits per heavy atom. The van der Waals surface area contributed by atoms with E-state index < -0.39 is 0 Å². The molecule has 0 bridgehead atoms. The second-order valence-corrected chi connectivity index (χ2v) is 5.94. The van der Waals surface area contributed by atoms with Crippen molar-refractivity contribution in [2.45, 2.75) is 33.9 Å². The summed E-state index contributed by atoms with van der Waals surface area (Å²) < 4.78 is 4.40. The first-order valence-corrected chi connectivity index (χ1v) is 7.00. The van der Waals surface area contributed by atoms with E-state index in [9.17, 15) is 4.79 Å². The van der Waals surface area contributed by atoms with Gasteiger partial charge in [-0.3, -0.25) is 4.79 Å². The van der Waals surface area contributed by atoms with Crippen LogP contribution in [0.5, 0.6) is 0 Å². The van der Waals surface area contributed by atoms with Crippen LogP contribution in [0.4, 0.5) is 0 Å². The predicted octanol–water partition coefficient (Wildman–Crippen LogP) is 2.22. The number of halogens is 1. The maximum atomic E-state index is 12.1. The minimum absolute atomic E-state index is 0.00213. The molecule has 19 heavy (non-hydrogen) atoms. The van der Waals surface area contributed by atoms with Gasteiger partial charge in [-0.15, -0.1) is 0 Å². The Morgan fingerprint density at radius 1 is 1.42 bits per heavy atom. The molecule has 6 heteroatoms. The molecule has 0 spiro atoms. The molecule has 0 aromatic carbocycles. The molecule has 0 fully saturated rings. The van der Waals surface area contributed by atoms with Crippen molar-refractivity contribution < 1.29 is 0 Å². The molecule has 0 N–H and O–H groups in total. The van der Waals surface area contributed by atoms with Crippen molar-refractivity contribution in [3.63, 3.8) is 0 Å². The summed E-state index contributed by atoms with van der Waals surface area (Å²) in [7, 11) is 0. The molecule has 2 aromatic heterocycles. The fourth-order valence-electron chi connectivity index (χ4n) is 1.92. The molecule has 5 nitrogen and oxygen atoms in total. The van der Waals surface area contributed by atoms with Crippen LogP contribution in [-0.4, -0.2) is 19.3 Å². The van der Waals surface area contributed by atoms with E-state index in [1.165, 1.54) is 6.33 Å². The lowest BCUT2D eigenvalue weighted by Gasteiger charge is -2.10. The van der Waals surface area contributed by atoms with Gasteiger partial charge in [0, 0.05) is 22.8 Å². The second kappa shape index (κ2) is 5.69. The van der Waals surface area contributed by atoms with Crippen LogP contribution in [0.3, 0.4) is 0 Å². The molecular weight excluding hydrogens is 308 g/mol. The van der Waals surface area contributed by atoms with Crippen molar-refractivity contribution in [3.8, 4) is 0 Å². The number of hydrogen-bond donors (Lipinski definition) is 0. The number of aromatic nitrogens is 4. The second-order valence-electron chi connectivity index (χ2n) is 5.03. The van der Waals surface area contributed by atoms with Crippen molar-refractivity contribution in [2.24, 2.45) is 5.92 Å². The summed E-state index contributed by atoms with van der Waals surface area (Å²) in [5.74, 6) is 1.29. The Balaban J connectivity index is 2.32. The zero-order valence-electron chi connectivity index (χ0n) is 11.3. The van der Waals surface area contributed by atoms with E-state index in [1.54, 1.807) is 10.8 Å². The number of aryl methyl sites for hydroxylation is 1. The first-order valence-electron chi connectivity index (χ1n) is 6.20. The molecule has 0 unspecified atom stereocenters. The number of pyridine rings is 1. The summed E-state index contributed by atoms with van der Waals surface area (Å²) in [4.78, 5) is 16.3. The van der Waals surface area contributed by atoms with Gasteiger partial charge in [0.05, 0.1) is 6.54 Å². The average molecular weight is 325 g/mol. The average Bonchev–Trinajstić information content (AvgIpc) is 2.72. The third kappa shape index (κ3) is 3.32. The van der Waals surface area contributed by atoms with Crippen LogP contribution < -0.4 is 5.56 Å². The minimum atomic E-state index is 0.00213. The summed E-state index contributed by atoms with van der Waals surface area (Å²) in [5.41, 5.74) is 0.714. The zero-order chi connectivity index (χ0) is 14.0. The molecule has 0 aliphatic heterocycles. The van der Waals surface area contributed by atoms with Crippen molar-refractivity contribution in [1.29, 1.82) is 0 Å². The number of hydrogen-bond acceptors (Lipinski definition) is 3. The number of nitrogens with zero attached hydrogens (tertiary/aromatic N) is 4. The van der Waals surface area contributed by atoms with Gasteiger partial charge in [-0.2, -0.15) is 5.10 Å². The van der Waals surface area contributed by atoms with E-state index in [0.29, 0.717) is 18.0 Å². The summed E-state index contributed by atoms with van der Waals surface area (Å²) in [6.45, 7) is 7.30. The van der Waals surface area contributed by atoms with Gasteiger partial charge < -0.3 is 4.57 Å². The highest BCUT2D eigenvalue weighted by Crippen LogP contribution is 2.09. The van der Waals surface area contributed by atoms with Gasteiger partial charge in [-0.05, 0) is 34.8 Å². The molecule has 2 rings (SSSR count). The summed E-state index contributed by atoms with van der Waals surface area (Å²) in [6.07, 6.45) is 3.32. The van der Waals surface area contributed by atoms with Gasteiger partial charge in [0.25, 0.3) is 5.56 Å². The van der Waals surface area contributed by atoms with Gasteiger partial charge in [0.2, 0.25) is 0 Å². The molecule has 0 aliphatic carbocycles. The third-order valence-corrected chi connectivity index (χ3v) is 3.21. The van der Waals surface area contributed by atoms with Crippen molar-refractivity contribution >= 4 is 15.9 Å². The van der Waals surface area contributed by atoms with Crippen LogP contribution in [0.1, 0.15) is 25.2 Å². The first kappa shape index (κ1) is 14.0. The minimum Gasteiger partial charge on any atom is -0.307 e. The molecule has 0 atom stereocenters. The van der Waals surface area contributed by atoms with E-state index in [0.717, 1.165) is 16.8 Å². The lowest BCUT2D eigenvalue weighted by Crippen LogP contribution is -2.24. The Labute approximate surface area is 120 Å². The molecule has 0 amide bonds. The van der Waals surface area contributed by atoms with Crippen LogP contribution in [0.2, 0.25) is 0 Å². The van der Waals surface area contributed by atoms with Gasteiger partial charge in [-0.1, -0.05) is 13.8 Å². The van der Waals surface area contributed by atoms with Crippen LogP contribution in [-0.2, 0) is 13.1 Å². The fourth-order valence-corrected chi connectivity index (χ4v) is 2.51. The largest absolute Gasteiger partial charge is 0.307 e. The molecule has 102 valence electrons. The smallest absolute Gasteiger partial charge is 0.253 e. The molecule has 2 heterocycles. The highest BCUT2D eigenvalue weighted by Gasteiger charge is 2.09. The van der Waals surface area contributed by atoms with E-state index in [-0.39, 0.29) is 5.56 Å². The fraction of sp³-hybridized carbons (Fsp3) is 0.462. The van der Waals surface area contributed by atoms with Crippen molar-refractivity contribution in [1.82, 2.24) is 19.3 Å². The maximum Gasteiger partial charge on any atom is 0.253 e. The summed E-state index contributed by atoms with van der Waals surface area (Å²) in [6, 6.07) is 1.82.